The van der Waals surface area contributed by atoms with Gasteiger partial charge in [-0.15, -0.1) is 0 Å². The van der Waals surface area contributed by atoms with E-state index in [-0.39, 0.29) is 11.3 Å². The first kappa shape index (κ1) is 15.8. The summed E-state index contributed by atoms with van der Waals surface area (Å²) in [6.45, 7) is 1.96. The highest BCUT2D eigenvalue weighted by molar-refractivity contribution is 6.01. The predicted octanol–water partition coefficient (Wildman–Crippen LogP) is 1.65. The molecule has 0 saturated heterocycles. The van der Waals surface area contributed by atoms with E-state index in [0.717, 1.165) is 12.8 Å². The van der Waals surface area contributed by atoms with Crippen LogP contribution in [0.25, 0.3) is 0 Å². The fourth-order valence-electron chi connectivity index (χ4n) is 1.78. The van der Waals surface area contributed by atoms with Crippen LogP contribution in [0.15, 0.2) is 18.2 Å². The Labute approximate surface area is 117 Å². The number of aliphatic carboxylic acids is 1. The first-order chi connectivity index (χ1) is 9.49. The number of hydrogen-bond acceptors (Lipinski definition) is 4. The molecule has 20 heavy (non-hydrogen) atoms. The molecular weight excluding hydrogens is 260 g/mol. The van der Waals surface area contributed by atoms with E-state index in [1.54, 1.807) is 6.07 Å². The summed E-state index contributed by atoms with van der Waals surface area (Å²) in [4.78, 5) is 23.1. The van der Waals surface area contributed by atoms with E-state index in [1.807, 2.05) is 6.92 Å². The van der Waals surface area contributed by atoms with Crippen LogP contribution in [0.5, 0.6) is 5.75 Å². The van der Waals surface area contributed by atoms with E-state index in [4.69, 9.17) is 15.6 Å². The molecule has 0 bridgehead atoms. The summed E-state index contributed by atoms with van der Waals surface area (Å²) in [7, 11) is 1.50. The first-order valence-electron chi connectivity index (χ1n) is 6.46. The number of hydrogen-bond donors (Lipinski definition) is 3. The van der Waals surface area contributed by atoms with Gasteiger partial charge in [0.1, 0.15) is 11.8 Å². The highest BCUT2D eigenvalue weighted by Gasteiger charge is 2.21. The van der Waals surface area contributed by atoms with Crippen LogP contribution in [0.2, 0.25) is 0 Å². The lowest BCUT2D eigenvalue weighted by Crippen LogP contribution is -2.40. The second kappa shape index (κ2) is 7.37. The predicted molar refractivity (Wildman–Crippen MR) is 75.8 cm³/mol. The van der Waals surface area contributed by atoms with Gasteiger partial charge in [-0.2, -0.15) is 0 Å². The number of anilines is 1. The molecule has 1 rings (SSSR count). The van der Waals surface area contributed by atoms with E-state index in [2.05, 4.69) is 5.32 Å². The molecular formula is C14H20N2O4. The SMILES string of the molecule is CCCCC(NC(=O)c1ccc(OC)cc1N)C(=O)O. The molecule has 0 fully saturated rings. The van der Waals surface area contributed by atoms with Crippen LogP contribution in [0.1, 0.15) is 36.5 Å². The van der Waals surface area contributed by atoms with Crippen molar-refractivity contribution >= 4 is 17.6 Å². The molecule has 6 nitrogen and oxygen atoms in total. The number of methoxy groups -OCH3 is 1. The average Bonchev–Trinajstić information content (AvgIpc) is 2.42. The van der Waals surface area contributed by atoms with Crippen molar-refractivity contribution in [3.05, 3.63) is 23.8 Å². The molecule has 1 aromatic rings. The van der Waals surface area contributed by atoms with Gasteiger partial charge in [-0.1, -0.05) is 19.8 Å². The van der Waals surface area contributed by atoms with Crippen molar-refractivity contribution in [3.8, 4) is 5.75 Å². The van der Waals surface area contributed by atoms with E-state index >= 15 is 0 Å². The minimum absolute atomic E-state index is 0.244. The molecule has 0 aliphatic heterocycles. The summed E-state index contributed by atoms with van der Waals surface area (Å²) >= 11 is 0. The number of carbonyl (C=O) groups excluding carboxylic acids is 1. The van der Waals surface area contributed by atoms with Crippen LogP contribution in [0.3, 0.4) is 0 Å². The third-order valence-corrected chi connectivity index (χ3v) is 2.95. The van der Waals surface area contributed by atoms with Crippen LogP contribution in [0, 0.1) is 0 Å². The summed E-state index contributed by atoms with van der Waals surface area (Å²) in [5.41, 5.74) is 6.26. The molecule has 0 aliphatic carbocycles. The molecule has 1 unspecified atom stereocenters. The van der Waals surface area contributed by atoms with E-state index in [0.29, 0.717) is 12.2 Å². The molecule has 6 heteroatoms. The molecule has 0 heterocycles. The molecule has 0 radical (unpaired) electrons. The second-order valence-electron chi connectivity index (χ2n) is 4.46. The Morgan fingerprint density at radius 3 is 2.65 bits per heavy atom. The molecule has 1 aromatic carbocycles. The fraction of sp³-hybridized carbons (Fsp3) is 0.429. The second-order valence-corrected chi connectivity index (χ2v) is 4.46. The van der Waals surface area contributed by atoms with Crippen molar-refractivity contribution in [3.63, 3.8) is 0 Å². The Balaban J connectivity index is 2.80. The van der Waals surface area contributed by atoms with Crippen molar-refractivity contribution in [2.24, 2.45) is 0 Å². The number of rotatable bonds is 7. The Morgan fingerprint density at radius 1 is 1.45 bits per heavy atom. The maximum absolute atomic E-state index is 12.0. The number of benzene rings is 1. The van der Waals surface area contributed by atoms with Gasteiger partial charge in [-0.3, -0.25) is 4.79 Å². The van der Waals surface area contributed by atoms with Gasteiger partial charge in [0.2, 0.25) is 0 Å². The minimum Gasteiger partial charge on any atom is -0.497 e. The highest BCUT2D eigenvalue weighted by Crippen LogP contribution is 2.19. The van der Waals surface area contributed by atoms with E-state index < -0.39 is 17.9 Å². The van der Waals surface area contributed by atoms with E-state index in [1.165, 1.54) is 19.2 Å². The van der Waals surface area contributed by atoms with Crippen molar-refractivity contribution in [2.75, 3.05) is 12.8 Å². The minimum atomic E-state index is -1.04. The number of carbonyl (C=O) groups is 2. The number of nitrogens with one attached hydrogen (secondary N) is 1. The maximum atomic E-state index is 12.0. The topological polar surface area (TPSA) is 102 Å². The summed E-state index contributed by atoms with van der Waals surface area (Å²) in [6.07, 6.45) is 1.99. The molecule has 0 aromatic heterocycles. The van der Waals surface area contributed by atoms with E-state index in [9.17, 15) is 9.59 Å². The molecule has 0 spiro atoms. The zero-order valence-corrected chi connectivity index (χ0v) is 11.7. The smallest absolute Gasteiger partial charge is 0.326 e. The van der Waals surface area contributed by atoms with Gasteiger partial charge in [0.25, 0.3) is 5.91 Å². The molecule has 4 N–H and O–H groups in total. The summed E-state index contributed by atoms with van der Waals surface area (Å²) in [6, 6.07) is 3.75. The van der Waals surface area contributed by atoms with Gasteiger partial charge in [0.15, 0.2) is 0 Å². The quantitative estimate of drug-likeness (QED) is 0.659. The Kier molecular flexibility index (Phi) is 5.83. The maximum Gasteiger partial charge on any atom is 0.326 e. The summed E-state index contributed by atoms with van der Waals surface area (Å²) in [5, 5.41) is 11.6. The monoisotopic (exact) mass is 280 g/mol. The lowest BCUT2D eigenvalue weighted by atomic mass is 10.1. The Morgan fingerprint density at radius 2 is 2.15 bits per heavy atom. The van der Waals surface area contributed by atoms with Crippen molar-refractivity contribution < 1.29 is 19.4 Å². The zero-order chi connectivity index (χ0) is 15.1. The van der Waals surface area contributed by atoms with Gasteiger partial charge >= 0.3 is 5.97 Å². The standard InChI is InChI=1S/C14H20N2O4/c1-3-4-5-12(14(18)19)16-13(17)10-7-6-9(20-2)8-11(10)15/h6-8,12H,3-5,15H2,1-2H3,(H,16,17)(H,18,19). The number of ether oxygens (including phenoxy) is 1. The number of nitrogens with two attached hydrogens (primary N) is 1. The number of carboxylic acid groups (broad SMARTS) is 1. The number of amides is 1. The first-order valence-corrected chi connectivity index (χ1v) is 6.46. The highest BCUT2D eigenvalue weighted by atomic mass is 16.5. The van der Waals surface area contributed by atoms with Crippen LogP contribution in [0.4, 0.5) is 5.69 Å². The van der Waals surface area contributed by atoms with Gasteiger partial charge in [-0.25, -0.2) is 4.79 Å². The van der Waals surface area contributed by atoms with Crippen LogP contribution in [-0.2, 0) is 4.79 Å². The molecule has 110 valence electrons. The fourth-order valence-corrected chi connectivity index (χ4v) is 1.78. The van der Waals surface area contributed by atoms with Crippen molar-refractivity contribution in [1.82, 2.24) is 5.32 Å². The number of unbranched alkanes of at least 4 members (excludes halogenated alkanes) is 1. The molecule has 1 amide bonds. The Bertz CT molecular complexity index is 488. The number of nitrogen functional groups attached to an aromatic ring is 1. The van der Waals surface area contributed by atoms with Crippen LogP contribution in [-0.4, -0.2) is 30.1 Å². The van der Waals surface area contributed by atoms with Crippen molar-refractivity contribution in [2.45, 2.75) is 32.2 Å². The third-order valence-electron chi connectivity index (χ3n) is 2.95. The summed E-state index contributed by atoms with van der Waals surface area (Å²) < 4.78 is 5.00. The van der Waals surface area contributed by atoms with Crippen molar-refractivity contribution in [1.29, 1.82) is 0 Å². The largest absolute Gasteiger partial charge is 0.497 e. The number of carboxylic acids is 1. The normalized spacial score (nSPS) is 11.7. The third kappa shape index (κ3) is 4.15. The van der Waals surface area contributed by atoms with Gasteiger partial charge < -0.3 is 20.9 Å². The van der Waals surface area contributed by atoms with Crippen LogP contribution >= 0.6 is 0 Å². The lowest BCUT2D eigenvalue weighted by Gasteiger charge is -2.15. The molecule has 0 aliphatic rings. The average molecular weight is 280 g/mol. The molecule has 0 saturated carbocycles. The van der Waals surface area contributed by atoms with Crippen LogP contribution < -0.4 is 15.8 Å². The van der Waals surface area contributed by atoms with Gasteiger partial charge in [0.05, 0.1) is 12.7 Å². The lowest BCUT2D eigenvalue weighted by molar-refractivity contribution is -0.139. The zero-order valence-electron chi connectivity index (χ0n) is 11.7. The molecule has 1 atom stereocenters. The van der Waals surface area contributed by atoms with Gasteiger partial charge in [0, 0.05) is 11.8 Å². The Hall–Kier alpha value is -2.24. The van der Waals surface area contributed by atoms with Gasteiger partial charge in [-0.05, 0) is 18.6 Å². The summed E-state index contributed by atoms with van der Waals surface area (Å²) in [5.74, 6) is -0.993.